The van der Waals surface area contributed by atoms with Crippen LogP contribution in [0.1, 0.15) is 22.1 Å². The molecule has 0 unspecified atom stereocenters. The molecule has 3 aromatic rings. The molecule has 0 aliphatic carbocycles. The van der Waals surface area contributed by atoms with Crippen LogP contribution in [-0.4, -0.2) is 9.78 Å². The van der Waals surface area contributed by atoms with E-state index in [0.717, 1.165) is 25.6 Å². The largest absolute Gasteiger partial charge is 0.422 e. The van der Waals surface area contributed by atoms with Gasteiger partial charge in [0.15, 0.2) is 0 Å². The van der Waals surface area contributed by atoms with Crippen molar-refractivity contribution in [3.63, 3.8) is 0 Å². The predicted molar refractivity (Wildman–Crippen MR) is 99.6 cm³/mol. The fraction of sp³-hybridized carbons (Fsp3) is 0.111. The average Bonchev–Trinajstić information content (AvgIpc) is 3.18. The highest BCUT2D eigenvalue weighted by atomic mass is 79.9. The first-order valence-electron chi connectivity index (χ1n) is 7.58. The Bertz CT molecular complexity index is 1030. The maximum Gasteiger partial charge on any atom is 0.229 e. The van der Waals surface area contributed by atoms with E-state index in [1.807, 2.05) is 49.4 Å². The Morgan fingerprint density at radius 2 is 2.04 bits per heavy atom. The average molecular weight is 413 g/mol. The molecular weight excluding hydrogens is 400 g/mol. The van der Waals surface area contributed by atoms with E-state index in [1.165, 1.54) is 0 Å². The van der Waals surface area contributed by atoms with Crippen LogP contribution < -0.4 is 10.5 Å². The number of hydrogen-bond donors (Lipinski definition) is 1. The van der Waals surface area contributed by atoms with E-state index in [1.54, 1.807) is 16.0 Å². The van der Waals surface area contributed by atoms with Gasteiger partial charge in [-0.1, -0.05) is 18.2 Å². The second kappa shape index (κ2) is 6.06. The highest BCUT2D eigenvalue weighted by Gasteiger charge is 2.36. The number of ether oxygens (including phenoxy) is 1. The number of halogens is 1. The smallest absolute Gasteiger partial charge is 0.229 e. The number of allylic oxidation sites excluding steroid dienone is 1. The van der Waals surface area contributed by atoms with E-state index in [2.05, 4.69) is 27.1 Å². The van der Waals surface area contributed by atoms with Gasteiger partial charge in [0.1, 0.15) is 11.6 Å². The molecule has 0 spiro atoms. The molecule has 0 saturated heterocycles. The number of aromatic nitrogens is 2. The molecule has 7 heteroatoms. The van der Waals surface area contributed by atoms with Gasteiger partial charge >= 0.3 is 0 Å². The summed E-state index contributed by atoms with van der Waals surface area (Å²) < 4.78 is 8.57. The molecule has 124 valence electrons. The van der Waals surface area contributed by atoms with E-state index in [-0.39, 0.29) is 11.8 Å². The topological polar surface area (TPSA) is 76.9 Å². The Hall–Kier alpha value is -2.56. The van der Waals surface area contributed by atoms with Crippen LogP contribution in [0.25, 0.3) is 5.69 Å². The SMILES string of the molecule is Cc1nn(-c2ccccc2)c2c1[C@@H](c1ccc(Br)s1)C(C#N)=C(N)O2. The van der Waals surface area contributed by atoms with Crippen molar-refractivity contribution in [3.8, 4) is 17.6 Å². The summed E-state index contributed by atoms with van der Waals surface area (Å²) >= 11 is 5.07. The molecule has 0 bridgehead atoms. The van der Waals surface area contributed by atoms with Crippen molar-refractivity contribution in [2.24, 2.45) is 5.73 Å². The highest BCUT2D eigenvalue weighted by molar-refractivity contribution is 9.11. The lowest BCUT2D eigenvalue weighted by Gasteiger charge is -2.23. The van der Waals surface area contributed by atoms with E-state index in [4.69, 9.17) is 10.5 Å². The van der Waals surface area contributed by atoms with Crippen LogP contribution in [0.4, 0.5) is 0 Å². The summed E-state index contributed by atoms with van der Waals surface area (Å²) in [5.74, 6) is 0.416. The monoisotopic (exact) mass is 412 g/mol. The molecule has 2 aromatic heterocycles. The second-order valence-corrected chi connectivity index (χ2v) is 8.11. The number of nitriles is 1. The van der Waals surface area contributed by atoms with Gasteiger partial charge in [0.05, 0.1) is 26.6 Å². The molecule has 1 aliphatic rings. The van der Waals surface area contributed by atoms with Crippen molar-refractivity contribution in [2.45, 2.75) is 12.8 Å². The number of thiophene rings is 1. The van der Waals surface area contributed by atoms with Crippen LogP contribution in [0.15, 0.2) is 57.7 Å². The number of fused-ring (bicyclic) bond motifs is 1. The number of hydrogen-bond acceptors (Lipinski definition) is 5. The van der Waals surface area contributed by atoms with E-state index >= 15 is 0 Å². The van der Waals surface area contributed by atoms with E-state index < -0.39 is 0 Å². The summed E-state index contributed by atoms with van der Waals surface area (Å²) in [7, 11) is 0. The number of benzene rings is 1. The van der Waals surface area contributed by atoms with Crippen molar-refractivity contribution in [1.29, 1.82) is 5.26 Å². The summed E-state index contributed by atoms with van der Waals surface area (Å²) in [5.41, 5.74) is 9.07. The maximum atomic E-state index is 9.64. The second-order valence-electron chi connectivity index (χ2n) is 5.62. The molecule has 1 atom stereocenters. The molecule has 3 heterocycles. The molecule has 5 nitrogen and oxygen atoms in total. The van der Waals surface area contributed by atoms with Crippen molar-refractivity contribution >= 4 is 27.3 Å². The van der Waals surface area contributed by atoms with Crippen molar-refractivity contribution in [3.05, 3.63) is 73.8 Å². The highest BCUT2D eigenvalue weighted by Crippen LogP contribution is 2.46. The minimum Gasteiger partial charge on any atom is -0.422 e. The molecule has 1 aromatic carbocycles. The van der Waals surface area contributed by atoms with Gasteiger partial charge in [-0.05, 0) is 47.1 Å². The Labute approximate surface area is 157 Å². The Balaban J connectivity index is 1.96. The molecule has 2 N–H and O–H groups in total. The van der Waals surface area contributed by atoms with Crippen LogP contribution >= 0.6 is 27.3 Å². The Morgan fingerprint density at radius 3 is 2.68 bits per heavy atom. The zero-order valence-electron chi connectivity index (χ0n) is 13.2. The lowest BCUT2D eigenvalue weighted by atomic mass is 9.89. The fourth-order valence-corrected chi connectivity index (χ4v) is 4.57. The third kappa shape index (κ3) is 2.54. The van der Waals surface area contributed by atoms with Crippen LogP contribution in [0.2, 0.25) is 0 Å². The standard InChI is InChI=1S/C18H13BrN4OS/c1-10-15-16(13-7-8-14(19)25-13)12(9-20)17(21)24-18(15)23(22-10)11-5-3-2-4-6-11/h2-8,16H,21H2,1H3/t16-/m1/s1. The predicted octanol–water partition coefficient (Wildman–Crippen LogP) is 4.22. The van der Waals surface area contributed by atoms with Crippen molar-refractivity contribution in [2.75, 3.05) is 0 Å². The van der Waals surface area contributed by atoms with Gasteiger partial charge in [0.2, 0.25) is 11.8 Å². The molecule has 0 radical (unpaired) electrons. The third-order valence-electron chi connectivity index (χ3n) is 4.11. The summed E-state index contributed by atoms with van der Waals surface area (Å²) in [6.07, 6.45) is 0. The van der Waals surface area contributed by atoms with Gasteiger partial charge < -0.3 is 10.5 Å². The molecule has 4 rings (SSSR count). The first-order chi connectivity index (χ1) is 12.1. The van der Waals surface area contributed by atoms with Gasteiger partial charge in [0, 0.05) is 4.88 Å². The first kappa shape index (κ1) is 15.9. The van der Waals surface area contributed by atoms with Crippen LogP contribution in [0.3, 0.4) is 0 Å². The molecule has 0 fully saturated rings. The molecule has 1 aliphatic heterocycles. The normalized spacial score (nSPS) is 16.3. The van der Waals surface area contributed by atoms with Crippen LogP contribution in [-0.2, 0) is 0 Å². The number of nitrogens with two attached hydrogens (primary N) is 1. The molecule has 0 saturated carbocycles. The zero-order valence-corrected chi connectivity index (χ0v) is 15.6. The Morgan fingerprint density at radius 1 is 1.28 bits per heavy atom. The molecule has 0 amide bonds. The van der Waals surface area contributed by atoms with Crippen LogP contribution in [0.5, 0.6) is 5.88 Å². The number of aryl methyl sites for hydroxylation is 1. The quantitative estimate of drug-likeness (QED) is 0.683. The van der Waals surface area contributed by atoms with E-state index in [9.17, 15) is 5.26 Å². The fourth-order valence-electron chi connectivity index (χ4n) is 3.03. The molecule has 25 heavy (non-hydrogen) atoms. The minimum absolute atomic E-state index is 0.126. The van der Waals surface area contributed by atoms with Crippen molar-refractivity contribution in [1.82, 2.24) is 9.78 Å². The van der Waals surface area contributed by atoms with Crippen molar-refractivity contribution < 1.29 is 4.74 Å². The minimum atomic E-state index is -0.275. The van der Waals surface area contributed by atoms with Gasteiger partial charge in [-0.15, -0.1) is 11.3 Å². The van der Waals surface area contributed by atoms with E-state index in [0.29, 0.717) is 11.5 Å². The first-order valence-corrected chi connectivity index (χ1v) is 9.19. The Kier molecular flexibility index (Phi) is 3.86. The maximum absolute atomic E-state index is 9.64. The van der Waals surface area contributed by atoms with Gasteiger partial charge in [-0.3, -0.25) is 0 Å². The third-order valence-corrected chi connectivity index (χ3v) is 5.80. The summed E-state index contributed by atoms with van der Waals surface area (Å²) in [5, 5.41) is 14.3. The van der Waals surface area contributed by atoms with Gasteiger partial charge in [0.25, 0.3) is 0 Å². The van der Waals surface area contributed by atoms with Gasteiger partial charge in [-0.2, -0.15) is 10.4 Å². The lowest BCUT2D eigenvalue weighted by molar-refractivity contribution is 0.367. The number of rotatable bonds is 2. The summed E-state index contributed by atoms with van der Waals surface area (Å²) in [6.45, 7) is 1.92. The van der Waals surface area contributed by atoms with Crippen LogP contribution in [0, 0.1) is 18.3 Å². The molecular formula is C18H13BrN4OS. The number of nitrogens with zero attached hydrogens (tertiary/aromatic N) is 3. The zero-order chi connectivity index (χ0) is 17.6. The summed E-state index contributed by atoms with van der Waals surface area (Å²) in [4.78, 5) is 1.02. The van der Waals surface area contributed by atoms with Gasteiger partial charge in [-0.25, -0.2) is 4.68 Å². The number of para-hydroxylation sites is 1. The summed E-state index contributed by atoms with van der Waals surface area (Å²) in [6, 6.07) is 15.9. The lowest BCUT2D eigenvalue weighted by Crippen LogP contribution is -2.21.